The van der Waals surface area contributed by atoms with Crippen LogP contribution in [0.4, 0.5) is 0 Å². The van der Waals surface area contributed by atoms with Gasteiger partial charge in [-0.2, -0.15) is 0 Å². The maximum atomic E-state index is 12.8. The number of aliphatic hydroxyl groups excluding tert-OH is 1. The maximum Gasteiger partial charge on any atom is 0.261 e. The molecule has 1 atom stereocenters. The third kappa shape index (κ3) is 4.84. The summed E-state index contributed by atoms with van der Waals surface area (Å²) in [7, 11) is 1.48. The zero-order chi connectivity index (χ0) is 19.2. The van der Waals surface area contributed by atoms with Crippen LogP contribution in [0.3, 0.4) is 0 Å². The van der Waals surface area contributed by atoms with E-state index in [4.69, 9.17) is 9.47 Å². The molecule has 8 nitrogen and oxygen atoms in total. The Morgan fingerprint density at radius 3 is 3.04 bits per heavy atom. The number of hydrogen-bond donors (Lipinski definition) is 2. The van der Waals surface area contributed by atoms with Crippen molar-refractivity contribution in [1.82, 2.24) is 14.9 Å². The summed E-state index contributed by atoms with van der Waals surface area (Å²) in [6.45, 7) is 0.720. The minimum atomic E-state index is -0.763. The number of aliphatic hydroxyl groups is 1. The first kappa shape index (κ1) is 19.3. The largest absolute Gasteiger partial charge is 0.484 e. The van der Waals surface area contributed by atoms with Gasteiger partial charge < -0.3 is 19.9 Å². The molecule has 1 aliphatic heterocycles. The predicted molar refractivity (Wildman–Crippen MR) is 99.9 cm³/mol. The van der Waals surface area contributed by atoms with E-state index < -0.39 is 6.10 Å². The van der Waals surface area contributed by atoms with Gasteiger partial charge in [-0.15, -0.1) is 0 Å². The molecule has 2 N–H and O–H groups in total. The number of ether oxygens (including phenoxy) is 2. The average Bonchev–Trinajstić information content (AvgIpc) is 2.91. The minimum absolute atomic E-state index is 0.0607. The Labute approximate surface area is 157 Å². The predicted octanol–water partition coefficient (Wildman–Crippen LogP) is 0.625. The van der Waals surface area contributed by atoms with Crippen LogP contribution in [-0.2, 0) is 22.5 Å². The van der Waals surface area contributed by atoms with E-state index in [2.05, 4.69) is 10.3 Å². The van der Waals surface area contributed by atoms with Crippen LogP contribution in [0.2, 0.25) is 0 Å². The summed E-state index contributed by atoms with van der Waals surface area (Å²) in [6, 6.07) is 5.09. The molecule has 0 saturated carbocycles. The fourth-order valence-electron chi connectivity index (χ4n) is 3.17. The van der Waals surface area contributed by atoms with Crippen molar-refractivity contribution < 1.29 is 19.4 Å². The van der Waals surface area contributed by atoms with Gasteiger partial charge >= 0.3 is 0 Å². The van der Waals surface area contributed by atoms with Crippen LogP contribution in [0.1, 0.15) is 25.1 Å². The number of nitrogens with zero attached hydrogens (tertiary/aromatic N) is 2. The Morgan fingerprint density at radius 2 is 2.22 bits per heavy atom. The normalized spacial score (nSPS) is 15.0. The van der Waals surface area contributed by atoms with Crippen LogP contribution in [0, 0.1) is 0 Å². The third-order valence-electron chi connectivity index (χ3n) is 4.55. The number of nitrogens with one attached hydrogen (secondary N) is 1. The highest BCUT2D eigenvalue weighted by atomic mass is 16.5. The molecule has 1 aromatic carbocycles. The number of amides is 1. The van der Waals surface area contributed by atoms with E-state index in [-0.39, 0.29) is 31.2 Å². The second-order valence-corrected chi connectivity index (χ2v) is 6.68. The monoisotopic (exact) mass is 375 g/mol. The van der Waals surface area contributed by atoms with Crippen LogP contribution in [-0.4, -0.2) is 53.5 Å². The number of carbonyl (C=O) groups is 1. The van der Waals surface area contributed by atoms with Crippen molar-refractivity contribution in [2.45, 2.75) is 38.3 Å². The smallest absolute Gasteiger partial charge is 0.261 e. The fraction of sp³-hybridized carbons (Fsp3) is 0.526. The number of rotatable bonds is 7. The lowest BCUT2D eigenvalue weighted by atomic mass is 10.2. The Bertz CT molecular complexity index is 864. The fourth-order valence-corrected chi connectivity index (χ4v) is 3.17. The van der Waals surface area contributed by atoms with E-state index >= 15 is 0 Å². The van der Waals surface area contributed by atoms with Crippen LogP contribution in [0.25, 0.3) is 10.9 Å². The summed E-state index contributed by atoms with van der Waals surface area (Å²) in [4.78, 5) is 29.3. The number of aryl methyl sites for hydroxylation is 1. The van der Waals surface area contributed by atoms with Crippen molar-refractivity contribution in [1.29, 1.82) is 0 Å². The van der Waals surface area contributed by atoms with Gasteiger partial charge in [-0.1, -0.05) is 6.42 Å². The number of hydrogen-bond acceptors (Lipinski definition) is 6. The van der Waals surface area contributed by atoms with Crippen LogP contribution >= 0.6 is 0 Å². The highest BCUT2D eigenvalue weighted by molar-refractivity contribution is 5.80. The van der Waals surface area contributed by atoms with Crippen molar-refractivity contribution in [3.05, 3.63) is 34.4 Å². The molecule has 0 bridgehead atoms. The lowest BCUT2D eigenvalue weighted by Gasteiger charge is -2.12. The van der Waals surface area contributed by atoms with E-state index in [1.54, 1.807) is 22.8 Å². The summed E-state index contributed by atoms with van der Waals surface area (Å²) in [5, 5.41) is 12.6. The number of aromatic nitrogens is 2. The Kier molecular flexibility index (Phi) is 6.41. The SMILES string of the molecule is COCC(O)CNC(=O)COc1ccc2nc3n(c(=O)c2c1)CCCCC3. The maximum absolute atomic E-state index is 12.8. The summed E-state index contributed by atoms with van der Waals surface area (Å²) < 4.78 is 12.0. The molecule has 1 aromatic heterocycles. The zero-order valence-corrected chi connectivity index (χ0v) is 15.4. The Hall–Kier alpha value is -2.45. The van der Waals surface area contributed by atoms with Gasteiger partial charge in [-0.3, -0.25) is 14.2 Å². The molecule has 3 rings (SSSR count). The molecule has 0 aliphatic carbocycles. The Balaban J connectivity index is 1.68. The van der Waals surface area contributed by atoms with Gasteiger partial charge in [0.25, 0.3) is 11.5 Å². The van der Waals surface area contributed by atoms with E-state index in [1.165, 1.54) is 7.11 Å². The molecular formula is C19H25N3O5. The molecule has 1 aliphatic rings. The van der Waals surface area contributed by atoms with Crippen molar-refractivity contribution >= 4 is 16.8 Å². The van der Waals surface area contributed by atoms with Crippen LogP contribution in [0.5, 0.6) is 5.75 Å². The first-order chi connectivity index (χ1) is 13.1. The molecule has 0 saturated heterocycles. The first-order valence-corrected chi connectivity index (χ1v) is 9.18. The number of benzene rings is 1. The third-order valence-corrected chi connectivity index (χ3v) is 4.55. The molecule has 27 heavy (non-hydrogen) atoms. The van der Waals surface area contributed by atoms with Crippen molar-refractivity contribution in [3.63, 3.8) is 0 Å². The zero-order valence-electron chi connectivity index (χ0n) is 15.4. The number of methoxy groups -OCH3 is 1. The van der Waals surface area contributed by atoms with E-state index in [0.717, 1.165) is 31.5 Å². The van der Waals surface area contributed by atoms with Gasteiger partial charge in [0.1, 0.15) is 11.6 Å². The summed E-state index contributed by atoms with van der Waals surface area (Å²) in [6.07, 6.45) is 3.18. The first-order valence-electron chi connectivity index (χ1n) is 9.18. The van der Waals surface area contributed by atoms with Gasteiger partial charge in [-0.25, -0.2) is 4.98 Å². The van der Waals surface area contributed by atoms with Gasteiger partial charge in [0.2, 0.25) is 0 Å². The molecule has 2 aromatic rings. The van der Waals surface area contributed by atoms with Crippen molar-refractivity contribution in [2.75, 3.05) is 26.9 Å². The summed E-state index contributed by atoms with van der Waals surface area (Å²) >= 11 is 0. The molecule has 0 fully saturated rings. The van der Waals surface area contributed by atoms with Crippen LogP contribution in [0.15, 0.2) is 23.0 Å². The molecule has 2 heterocycles. The highest BCUT2D eigenvalue weighted by Gasteiger charge is 2.14. The van der Waals surface area contributed by atoms with Crippen molar-refractivity contribution in [3.8, 4) is 5.75 Å². The van der Waals surface area contributed by atoms with Crippen molar-refractivity contribution in [2.24, 2.45) is 0 Å². The molecule has 8 heteroatoms. The van der Waals surface area contributed by atoms with E-state index in [9.17, 15) is 14.7 Å². The molecular weight excluding hydrogens is 350 g/mol. The van der Waals surface area contributed by atoms with E-state index in [0.29, 0.717) is 23.2 Å². The summed E-state index contributed by atoms with van der Waals surface area (Å²) in [5.41, 5.74) is 0.585. The number of carbonyl (C=O) groups excluding carboxylic acids is 1. The van der Waals surface area contributed by atoms with Gasteiger partial charge in [-0.05, 0) is 31.0 Å². The average molecular weight is 375 g/mol. The standard InChI is InChI=1S/C19H25N3O5/c1-26-11-13(23)10-20-18(24)12-27-14-6-7-16-15(9-14)19(25)22-8-4-2-3-5-17(22)21-16/h6-7,9,13,23H,2-5,8,10-12H2,1H3,(H,20,24). The number of fused-ring (bicyclic) bond motifs is 2. The van der Waals surface area contributed by atoms with E-state index in [1.807, 2.05) is 0 Å². The second-order valence-electron chi connectivity index (χ2n) is 6.68. The molecule has 1 unspecified atom stereocenters. The van der Waals surface area contributed by atoms with Gasteiger partial charge in [0, 0.05) is 26.6 Å². The quantitative estimate of drug-likeness (QED) is 0.736. The Morgan fingerprint density at radius 1 is 1.37 bits per heavy atom. The van der Waals surface area contributed by atoms with Gasteiger partial charge in [0.15, 0.2) is 6.61 Å². The second kappa shape index (κ2) is 8.96. The topological polar surface area (TPSA) is 103 Å². The summed E-state index contributed by atoms with van der Waals surface area (Å²) in [5.74, 6) is 0.915. The molecule has 1 amide bonds. The minimum Gasteiger partial charge on any atom is -0.484 e. The molecule has 0 spiro atoms. The highest BCUT2D eigenvalue weighted by Crippen LogP contribution is 2.19. The molecule has 146 valence electrons. The van der Waals surface area contributed by atoms with Crippen LogP contribution < -0.4 is 15.6 Å². The molecule has 0 radical (unpaired) electrons. The lowest BCUT2D eigenvalue weighted by molar-refractivity contribution is -0.123. The lowest BCUT2D eigenvalue weighted by Crippen LogP contribution is -2.37. The van der Waals surface area contributed by atoms with Gasteiger partial charge in [0.05, 0.1) is 23.6 Å².